The molecule has 0 spiro atoms. The summed E-state index contributed by atoms with van der Waals surface area (Å²) in [6, 6.07) is 15.6. The van der Waals surface area contributed by atoms with E-state index in [0.29, 0.717) is 13.0 Å². The predicted octanol–water partition coefficient (Wildman–Crippen LogP) is 3.17. The molecule has 3 rings (SSSR count). The molecule has 1 heterocycles. The highest BCUT2D eigenvalue weighted by molar-refractivity contribution is 7.92. The summed E-state index contributed by atoms with van der Waals surface area (Å²) in [4.78, 5) is 16.5. The Morgan fingerprint density at radius 2 is 1.73 bits per heavy atom. The number of hydrogen-bond donors (Lipinski definition) is 2. The Bertz CT molecular complexity index is 1110. The third kappa shape index (κ3) is 5.57. The minimum atomic E-state index is -3.76. The van der Waals surface area contributed by atoms with Gasteiger partial charge in [-0.15, -0.1) is 0 Å². The maximum Gasteiger partial charge on any atom is 0.261 e. The second-order valence-corrected chi connectivity index (χ2v) is 8.42. The summed E-state index contributed by atoms with van der Waals surface area (Å²) in [6.07, 6.45) is 3.41. The Morgan fingerprint density at radius 1 is 1.03 bits per heavy atom. The summed E-state index contributed by atoms with van der Waals surface area (Å²) in [5.74, 6) is 0.450. The van der Waals surface area contributed by atoms with Gasteiger partial charge in [-0.3, -0.25) is 14.5 Å². The van der Waals surface area contributed by atoms with Crippen LogP contribution in [0.2, 0.25) is 0 Å². The van der Waals surface area contributed by atoms with E-state index in [1.165, 1.54) is 30.6 Å². The highest BCUT2D eigenvalue weighted by atomic mass is 32.2. The average molecular weight is 426 g/mol. The van der Waals surface area contributed by atoms with Gasteiger partial charge < -0.3 is 10.1 Å². The van der Waals surface area contributed by atoms with E-state index in [2.05, 4.69) is 15.0 Å². The van der Waals surface area contributed by atoms with Crippen molar-refractivity contribution in [2.75, 3.05) is 18.4 Å². The molecular formula is C22H23N3O4S. The first-order valence-corrected chi connectivity index (χ1v) is 10.8. The maximum atomic E-state index is 12.5. The number of aromatic nitrogens is 1. The number of nitrogens with one attached hydrogen (secondary N) is 2. The zero-order chi connectivity index (χ0) is 21.6. The lowest BCUT2D eigenvalue weighted by Crippen LogP contribution is -2.26. The van der Waals surface area contributed by atoms with Crippen LogP contribution in [-0.4, -0.2) is 33.0 Å². The molecule has 8 heteroatoms. The lowest BCUT2D eigenvalue weighted by molar-refractivity contribution is 0.0954. The van der Waals surface area contributed by atoms with E-state index >= 15 is 0 Å². The summed E-state index contributed by atoms with van der Waals surface area (Å²) in [5, 5.41) is 2.82. The summed E-state index contributed by atoms with van der Waals surface area (Å²) in [5.41, 5.74) is 2.52. The van der Waals surface area contributed by atoms with Gasteiger partial charge in [0.1, 0.15) is 5.75 Å². The number of carbonyl (C=O) groups excluding carboxylic acids is 1. The van der Waals surface area contributed by atoms with E-state index in [1.54, 1.807) is 19.2 Å². The quantitative estimate of drug-likeness (QED) is 0.578. The zero-order valence-corrected chi connectivity index (χ0v) is 17.6. The van der Waals surface area contributed by atoms with Crippen LogP contribution < -0.4 is 14.8 Å². The van der Waals surface area contributed by atoms with Gasteiger partial charge in [-0.05, 0) is 49.2 Å². The molecule has 2 N–H and O–H groups in total. The lowest BCUT2D eigenvalue weighted by atomic mass is 10.1. The number of aryl methyl sites for hydroxylation is 1. The Balaban J connectivity index is 1.61. The molecule has 0 atom stereocenters. The number of ether oxygens (including phenoxy) is 1. The Morgan fingerprint density at radius 3 is 2.40 bits per heavy atom. The molecule has 0 saturated heterocycles. The first-order chi connectivity index (χ1) is 14.4. The molecular weight excluding hydrogens is 402 g/mol. The van der Waals surface area contributed by atoms with Crippen molar-refractivity contribution < 1.29 is 17.9 Å². The average Bonchev–Trinajstić information content (AvgIpc) is 2.74. The van der Waals surface area contributed by atoms with Gasteiger partial charge in [0.2, 0.25) is 0 Å². The molecule has 0 unspecified atom stereocenters. The van der Waals surface area contributed by atoms with Gasteiger partial charge >= 0.3 is 0 Å². The number of carbonyl (C=O) groups is 1. The van der Waals surface area contributed by atoms with E-state index < -0.39 is 10.0 Å². The molecule has 0 saturated carbocycles. The number of nitrogens with zero attached hydrogens (tertiary/aromatic N) is 1. The van der Waals surface area contributed by atoms with Crippen molar-refractivity contribution in [3.05, 3.63) is 83.7 Å². The van der Waals surface area contributed by atoms with Crippen LogP contribution in [0.4, 0.5) is 5.69 Å². The molecule has 0 aliphatic heterocycles. The van der Waals surface area contributed by atoms with Gasteiger partial charge in [0, 0.05) is 12.7 Å². The van der Waals surface area contributed by atoms with E-state index in [4.69, 9.17) is 4.74 Å². The van der Waals surface area contributed by atoms with Crippen molar-refractivity contribution in [1.29, 1.82) is 0 Å². The topological polar surface area (TPSA) is 97.4 Å². The normalized spacial score (nSPS) is 11.0. The number of benzene rings is 2. The van der Waals surface area contributed by atoms with Crippen LogP contribution in [0.1, 0.15) is 21.5 Å². The monoisotopic (exact) mass is 425 g/mol. The van der Waals surface area contributed by atoms with Crippen LogP contribution in [0.25, 0.3) is 0 Å². The van der Waals surface area contributed by atoms with Crippen LogP contribution >= 0.6 is 0 Å². The standard InChI is InChI=1S/C22H23N3O4S/c1-16-3-9-21(10-4-16)30(27,28)25-19-13-18(14-23-15-19)22(26)24-12-11-17-5-7-20(29-2)8-6-17/h3-10,13-15,25H,11-12H2,1-2H3,(H,24,26). The molecule has 30 heavy (non-hydrogen) atoms. The van der Waals surface area contributed by atoms with E-state index in [0.717, 1.165) is 16.9 Å². The molecule has 0 fully saturated rings. The molecule has 1 aromatic heterocycles. The Hall–Kier alpha value is -3.39. The molecule has 0 radical (unpaired) electrons. The van der Waals surface area contributed by atoms with Crippen LogP contribution in [0.5, 0.6) is 5.75 Å². The number of anilines is 1. The van der Waals surface area contributed by atoms with Crippen molar-refractivity contribution in [3.63, 3.8) is 0 Å². The maximum absolute atomic E-state index is 12.5. The highest BCUT2D eigenvalue weighted by Gasteiger charge is 2.15. The predicted molar refractivity (Wildman–Crippen MR) is 115 cm³/mol. The third-order valence-electron chi connectivity index (χ3n) is 4.44. The van der Waals surface area contributed by atoms with Gasteiger partial charge in [-0.2, -0.15) is 0 Å². The number of sulfonamides is 1. The molecule has 156 valence electrons. The second kappa shape index (κ2) is 9.41. The number of rotatable bonds is 8. The zero-order valence-electron chi connectivity index (χ0n) is 16.8. The van der Waals surface area contributed by atoms with Crippen molar-refractivity contribution in [2.24, 2.45) is 0 Å². The number of pyridine rings is 1. The second-order valence-electron chi connectivity index (χ2n) is 6.73. The van der Waals surface area contributed by atoms with Gasteiger partial charge in [0.05, 0.1) is 29.5 Å². The van der Waals surface area contributed by atoms with Crippen molar-refractivity contribution in [1.82, 2.24) is 10.3 Å². The SMILES string of the molecule is COc1ccc(CCNC(=O)c2cncc(NS(=O)(=O)c3ccc(C)cc3)c2)cc1. The summed E-state index contributed by atoms with van der Waals surface area (Å²) in [6.45, 7) is 2.31. The molecule has 7 nitrogen and oxygen atoms in total. The van der Waals surface area contributed by atoms with Crippen molar-refractivity contribution in [3.8, 4) is 5.75 Å². The van der Waals surface area contributed by atoms with Crippen LogP contribution in [0.15, 0.2) is 71.9 Å². The molecule has 3 aromatic rings. The molecule has 0 aliphatic carbocycles. The summed E-state index contributed by atoms with van der Waals surface area (Å²) >= 11 is 0. The van der Waals surface area contributed by atoms with Gasteiger partial charge in [0.15, 0.2) is 0 Å². The first kappa shape index (κ1) is 21.3. The number of methoxy groups -OCH3 is 1. The largest absolute Gasteiger partial charge is 0.497 e. The van der Waals surface area contributed by atoms with Crippen LogP contribution in [0.3, 0.4) is 0 Å². The Kier molecular flexibility index (Phi) is 6.68. The van der Waals surface area contributed by atoms with Gasteiger partial charge in [0.25, 0.3) is 15.9 Å². The molecule has 2 aromatic carbocycles. The van der Waals surface area contributed by atoms with Crippen LogP contribution in [-0.2, 0) is 16.4 Å². The fourth-order valence-electron chi connectivity index (χ4n) is 2.77. The minimum absolute atomic E-state index is 0.141. The Labute approximate surface area is 176 Å². The number of amides is 1. The number of hydrogen-bond acceptors (Lipinski definition) is 5. The fourth-order valence-corrected chi connectivity index (χ4v) is 3.80. The van der Waals surface area contributed by atoms with Crippen LogP contribution in [0, 0.1) is 6.92 Å². The first-order valence-electron chi connectivity index (χ1n) is 9.33. The third-order valence-corrected chi connectivity index (χ3v) is 5.84. The summed E-state index contributed by atoms with van der Waals surface area (Å²) < 4.78 is 32.6. The van der Waals surface area contributed by atoms with Gasteiger partial charge in [-0.1, -0.05) is 29.8 Å². The highest BCUT2D eigenvalue weighted by Crippen LogP contribution is 2.17. The van der Waals surface area contributed by atoms with Crippen molar-refractivity contribution in [2.45, 2.75) is 18.2 Å². The van der Waals surface area contributed by atoms with Gasteiger partial charge in [-0.25, -0.2) is 8.42 Å². The van der Waals surface area contributed by atoms with E-state index in [-0.39, 0.29) is 22.1 Å². The van der Waals surface area contributed by atoms with Crippen molar-refractivity contribution >= 4 is 21.6 Å². The lowest BCUT2D eigenvalue weighted by Gasteiger charge is -2.10. The molecule has 1 amide bonds. The molecule has 0 aliphatic rings. The fraction of sp³-hybridized carbons (Fsp3) is 0.182. The minimum Gasteiger partial charge on any atom is -0.497 e. The van der Waals surface area contributed by atoms with E-state index in [1.807, 2.05) is 31.2 Å². The molecule has 0 bridgehead atoms. The van der Waals surface area contributed by atoms with E-state index in [9.17, 15) is 13.2 Å². The smallest absolute Gasteiger partial charge is 0.261 e. The summed E-state index contributed by atoms with van der Waals surface area (Å²) in [7, 11) is -2.15.